The van der Waals surface area contributed by atoms with Crippen molar-refractivity contribution in [1.29, 1.82) is 5.26 Å². The summed E-state index contributed by atoms with van der Waals surface area (Å²) in [6.07, 6.45) is 0. The van der Waals surface area contributed by atoms with E-state index in [1.54, 1.807) is 18.2 Å². The van der Waals surface area contributed by atoms with E-state index in [1.807, 2.05) is 18.2 Å². The number of benzene rings is 7. The largest absolute Gasteiger partial charge is 0.309 e. The number of rotatable bonds is 4. The quantitative estimate of drug-likeness (QED) is 0.183. The number of aromatic nitrogens is 2. The van der Waals surface area contributed by atoms with Crippen molar-refractivity contribution >= 4 is 49.3 Å². The highest BCUT2D eigenvalue weighted by molar-refractivity contribution is 6.26. The first-order chi connectivity index (χ1) is 23.8. The Labute approximate surface area is 277 Å². The van der Waals surface area contributed by atoms with E-state index >= 15 is 0 Å². The lowest BCUT2D eigenvalue weighted by atomic mass is 9.90. The average molecular weight is 611 g/mol. The lowest BCUT2D eigenvalue weighted by Crippen LogP contribution is -1.97. The zero-order chi connectivity index (χ0) is 32.2. The molecule has 222 valence electrons. The van der Waals surface area contributed by atoms with Crippen LogP contribution in [0.1, 0.15) is 5.56 Å². The molecule has 9 rings (SSSR count). The van der Waals surface area contributed by atoms with Crippen LogP contribution in [0.25, 0.3) is 82.1 Å². The first-order valence-corrected chi connectivity index (χ1v) is 15.9. The van der Waals surface area contributed by atoms with Crippen LogP contribution in [0, 0.1) is 17.9 Å². The highest BCUT2D eigenvalue weighted by Gasteiger charge is 2.22. The third-order valence-corrected chi connectivity index (χ3v) is 9.38. The normalized spacial score (nSPS) is 11.3. The summed E-state index contributed by atoms with van der Waals surface area (Å²) in [7, 11) is 0. The van der Waals surface area contributed by atoms with Gasteiger partial charge >= 0.3 is 0 Å². The molecule has 4 nitrogen and oxygen atoms in total. The second kappa shape index (κ2) is 10.9. The zero-order valence-electron chi connectivity index (χ0n) is 25.8. The molecule has 0 fully saturated rings. The SMILES string of the molecule is [C-]#[N+]c1cccc(C#N)c1-c1ccc(-n2c3ccccc3c3c2ccc2c4ccccc4n(-c4ccccc4)c23)cc1-c1ccccc1. The van der Waals surface area contributed by atoms with Gasteiger partial charge in [-0.05, 0) is 65.2 Å². The summed E-state index contributed by atoms with van der Waals surface area (Å²) >= 11 is 0. The third kappa shape index (κ3) is 4.01. The Morgan fingerprint density at radius 1 is 0.521 bits per heavy atom. The lowest BCUT2D eigenvalue weighted by molar-refractivity contribution is 1.17. The van der Waals surface area contributed by atoms with Gasteiger partial charge in [-0.2, -0.15) is 5.26 Å². The molecule has 2 aromatic heterocycles. The number of para-hydroxylation sites is 3. The van der Waals surface area contributed by atoms with Crippen molar-refractivity contribution in [2.24, 2.45) is 0 Å². The van der Waals surface area contributed by atoms with Crippen molar-refractivity contribution in [2.75, 3.05) is 0 Å². The Balaban J connectivity index is 1.40. The highest BCUT2D eigenvalue weighted by atomic mass is 15.0. The fraction of sp³-hybridized carbons (Fsp3) is 0. The van der Waals surface area contributed by atoms with Crippen LogP contribution in [0.3, 0.4) is 0 Å². The maximum atomic E-state index is 10.1. The number of hydrogen-bond acceptors (Lipinski definition) is 1. The van der Waals surface area contributed by atoms with Crippen LogP contribution < -0.4 is 0 Å². The first-order valence-electron chi connectivity index (χ1n) is 15.9. The molecule has 0 N–H and O–H groups in total. The molecule has 0 aliphatic heterocycles. The maximum absolute atomic E-state index is 10.1. The van der Waals surface area contributed by atoms with Crippen LogP contribution in [0.2, 0.25) is 0 Å². The predicted octanol–water partition coefficient (Wildman–Crippen LogP) is 11.6. The predicted molar refractivity (Wildman–Crippen MR) is 197 cm³/mol. The van der Waals surface area contributed by atoms with Gasteiger partial charge in [0.2, 0.25) is 0 Å². The summed E-state index contributed by atoms with van der Waals surface area (Å²) in [4.78, 5) is 3.82. The molecule has 2 heterocycles. The molecular formula is C44H26N4. The number of nitrogens with zero attached hydrogens (tertiary/aromatic N) is 4. The number of fused-ring (bicyclic) bond motifs is 7. The van der Waals surface area contributed by atoms with Crippen LogP contribution in [0.5, 0.6) is 0 Å². The van der Waals surface area contributed by atoms with Gasteiger partial charge < -0.3 is 9.13 Å². The third-order valence-electron chi connectivity index (χ3n) is 9.38. The van der Waals surface area contributed by atoms with E-state index < -0.39 is 0 Å². The van der Waals surface area contributed by atoms with Gasteiger partial charge in [0.05, 0.1) is 34.7 Å². The molecule has 7 aromatic carbocycles. The van der Waals surface area contributed by atoms with Gasteiger partial charge in [-0.15, -0.1) is 0 Å². The van der Waals surface area contributed by atoms with E-state index in [4.69, 9.17) is 6.57 Å². The summed E-state index contributed by atoms with van der Waals surface area (Å²) in [6, 6.07) is 56.7. The summed E-state index contributed by atoms with van der Waals surface area (Å²) in [6.45, 7) is 7.91. The van der Waals surface area contributed by atoms with Crippen molar-refractivity contribution in [3.63, 3.8) is 0 Å². The second-order valence-electron chi connectivity index (χ2n) is 11.9. The number of hydrogen-bond donors (Lipinski definition) is 0. The minimum absolute atomic E-state index is 0.465. The Morgan fingerprint density at radius 2 is 1.21 bits per heavy atom. The van der Waals surface area contributed by atoms with Crippen molar-refractivity contribution in [3.05, 3.63) is 175 Å². The molecule has 48 heavy (non-hydrogen) atoms. The molecule has 0 unspecified atom stereocenters. The molecule has 0 radical (unpaired) electrons. The van der Waals surface area contributed by atoms with Gasteiger partial charge in [-0.25, -0.2) is 4.85 Å². The topological polar surface area (TPSA) is 38.0 Å². The fourth-order valence-electron chi connectivity index (χ4n) is 7.39. The summed E-state index contributed by atoms with van der Waals surface area (Å²) in [5.41, 5.74) is 11.2. The van der Waals surface area contributed by atoms with Crippen molar-refractivity contribution in [3.8, 4) is 39.7 Å². The maximum Gasteiger partial charge on any atom is 0.196 e. The van der Waals surface area contributed by atoms with Gasteiger partial charge in [-0.3, -0.25) is 0 Å². The van der Waals surface area contributed by atoms with Crippen molar-refractivity contribution < 1.29 is 0 Å². The molecule has 0 amide bonds. The Morgan fingerprint density at radius 3 is 1.96 bits per heavy atom. The van der Waals surface area contributed by atoms with E-state index in [1.165, 1.54) is 32.6 Å². The Bertz CT molecular complexity index is 2760. The summed E-state index contributed by atoms with van der Waals surface area (Å²) < 4.78 is 4.74. The fourth-order valence-corrected chi connectivity index (χ4v) is 7.39. The minimum Gasteiger partial charge on any atom is -0.309 e. The molecule has 0 spiro atoms. The Hall–Kier alpha value is -6.88. The first kappa shape index (κ1) is 27.4. The van der Waals surface area contributed by atoms with Crippen LogP contribution >= 0.6 is 0 Å². The summed E-state index contributed by atoms with van der Waals surface area (Å²) in [5, 5.41) is 14.9. The van der Waals surface area contributed by atoms with Crippen LogP contribution in [-0.2, 0) is 0 Å². The highest BCUT2D eigenvalue weighted by Crippen LogP contribution is 2.44. The van der Waals surface area contributed by atoms with Gasteiger partial charge in [-0.1, -0.05) is 109 Å². The van der Waals surface area contributed by atoms with E-state index in [0.29, 0.717) is 16.8 Å². The van der Waals surface area contributed by atoms with E-state index in [2.05, 4.69) is 141 Å². The van der Waals surface area contributed by atoms with Gasteiger partial charge in [0, 0.05) is 44.0 Å². The van der Waals surface area contributed by atoms with Crippen LogP contribution in [0.15, 0.2) is 158 Å². The Kier molecular flexibility index (Phi) is 6.22. The van der Waals surface area contributed by atoms with Gasteiger partial charge in [0.15, 0.2) is 5.69 Å². The second-order valence-corrected chi connectivity index (χ2v) is 11.9. The van der Waals surface area contributed by atoms with E-state index in [-0.39, 0.29) is 0 Å². The number of nitriles is 1. The standard InChI is InChI=1S/C44H26N4/c1-46-38-20-12-15-30(28-45)42(38)34-24-23-32(27-37(34)29-13-4-2-5-14-29)47-40-22-11-9-19-36(40)43-41(47)26-25-35-33-18-8-10-21-39(33)48(44(35)43)31-16-6-3-7-17-31/h2-27H. The molecule has 0 aliphatic rings. The molecule has 0 aliphatic carbocycles. The molecule has 0 saturated heterocycles. The van der Waals surface area contributed by atoms with Crippen molar-refractivity contribution in [1.82, 2.24) is 9.13 Å². The lowest BCUT2D eigenvalue weighted by Gasteiger charge is -2.17. The van der Waals surface area contributed by atoms with E-state index in [9.17, 15) is 5.26 Å². The molecule has 9 aromatic rings. The molecule has 0 bridgehead atoms. The summed E-state index contributed by atoms with van der Waals surface area (Å²) in [5.74, 6) is 0. The van der Waals surface area contributed by atoms with Gasteiger partial charge in [0.25, 0.3) is 0 Å². The monoisotopic (exact) mass is 610 g/mol. The molecule has 0 saturated carbocycles. The van der Waals surface area contributed by atoms with Gasteiger partial charge in [0.1, 0.15) is 0 Å². The molecular weight excluding hydrogens is 585 g/mol. The molecule has 0 atom stereocenters. The minimum atomic E-state index is 0.465. The smallest absolute Gasteiger partial charge is 0.196 e. The van der Waals surface area contributed by atoms with Crippen molar-refractivity contribution in [2.45, 2.75) is 0 Å². The zero-order valence-corrected chi connectivity index (χ0v) is 25.8. The van der Waals surface area contributed by atoms with E-state index in [0.717, 1.165) is 39.1 Å². The average Bonchev–Trinajstić information content (AvgIpc) is 3.68. The van der Waals surface area contributed by atoms with Crippen LogP contribution in [0.4, 0.5) is 5.69 Å². The molecule has 4 heteroatoms. The van der Waals surface area contributed by atoms with Crippen LogP contribution in [-0.4, -0.2) is 9.13 Å².